The van der Waals surface area contributed by atoms with Gasteiger partial charge in [-0.2, -0.15) is 0 Å². The first-order chi connectivity index (χ1) is 14.6. The molecular formula is C23H34N2O6. The Morgan fingerprint density at radius 2 is 1.68 bits per heavy atom. The highest BCUT2D eigenvalue weighted by atomic mass is 16.6. The summed E-state index contributed by atoms with van der Waals surface area (Å²) < 4.78 is 10.2. The van der Waals surface area contributed by atoms with Gasteiger partial charge in [-0.15, -0.1) is 0 Å². The van der Waals surface area contributed by atoms with Gasteiger partial charge in [-0.1, -0.05) is 31.4 Å². The number of nitrogens with one attached hydrogen (secondary N) is 2. The third-order valence-corrected chi connectivity index (χ3v) is 5.25. The number of ether oxygens (including phenoxy) is 2. The maximum atomic E-state index is 13.2. The molecule has 8 heteroatoms. The summed E-state index contributed by atoms with van der Waals surface area (Å²) in [5.41, 5.74) is 0.0632. The predicted octanol–water partition coefficient (Wildman–Crippen LogP) is 3.07. The highest BCUT2D eigenvalue weighted by molar-refractivity contribution is 5.90. The van der Waals surface area contributed by atoms with Crippen LogP contribution in [0.25, 0.3) is 0 Å². The Labute approximate surface area is 183 Å². The standard InChI is InChI=1S/C23H34N2O6/c1-23(2,3)31-22(29)25-19(16-8-6-5-7-9-16)20(27)24-18(21(28)30-4)14-15-10-12-17(26)13-11-15/h10-13,16,18-19,26H,5-9,14H2,1-4H3,(H,24,27)(H,25,29). The van der Waals surface area contributed by atoms with E-state index in [0.717, 1.165) is 37.7 Å². The van der Waals surface area contributed by atoms with Crippen LogP contribution in [0.15, 0.2) is 24.3 Å². The lowest BCUT2D eigenvalue weighted by molar-refractivity contribution is -0.145. The van der Waals surface area contributed by atoms with Gasteiger partial charge in [-0.05, 0) is 57.2 Å². The van der Waals surface area contributed by atoms with Crippen molar-refractivity contribution < 1.29 is 29.0 Å². The number of methoxy groups -OCH3 is 1. The topological polar surface area (TPSA) is 114 Å². The first-order valence-electron chi connectivity index (χ1n) is 10.7. The fourth-order valence-electron chi connectivity index (χ4n) is 3.76. The molecule has 1 aromatic carbocycles. The summed E-state index contributed by atoms with van der Waals surface area (Å²) in [6.45, 7) is 5.27. The second-order valence-corrected chi connectivity index (χ2v) is 8.98. The van der Waals surface area contributed by atoms with Crippen molar-refractivity contribution in [1.29, 1.82) is 0 Å². The largest absolute Gasteiger partial charge is 0.508 e. The zero-order valence-electron chi connectivity index (χ0n) is 18.8. The summed E-state index contributed by atoms with van der Waals surface area (Å²) in [5, 5.41) is 14.9. The van der Waals surface area contributed by atoms with Gasteiger partial charge in [-0.25, -0.2) is 9.59 Å². The smallest absolute Gasteiger partial charge is 0.408 e. The molecule has 0 bridgehead atoms. The van der Waals surface area contributed by atoms with Crippen LogP contribution in [0.2, 0.25) is 0 Å². The summed E-state index contributed by atoms with van der Waals surface area (Å²) in [7, 11) is 1.26. The van der Waals surface area contributed by atoms with E-state index in [9.17, 15) is 19.5 Å². The molecule has 2 unspecified atom stereocenters. The number of esters is 1. The Morgan fingerprint density at radius 1 is 1.06 bits per heavy atom. The molecule has 1 aliphatic carbocycles. The lowest BCUT2D eigenvalue weighted by atomic mass is 9.83. The van der Waals surface area contributed by atoms with Crippen molar-refractivity contribution in [3.8, 4) is 5.75 Å². The molecule has 0 radical (unpaired) electrons. The van der Waals surface area contributed by atoms with Crippen LogP contribution in [0.1, 0.15) is 58.4 Å². The first kappa shape index (κ1) is 24.5. The number of carbonyl (C=O) groups excluding carboxylic acids is 3. The van der Waals surface area contributed by atoms with E-state index in [1.54, 1.807) is 32.9 Å². The lowest BCUT2D eigenvalue weighted by Crippen LogP contribution is -2.56. The third-order valence-electron chi connectivity index (χ3n) is 5.25. The second-order valence-electron chi connectivity index (χ2n) is 8.98. The van der Waals surface area contributed by atoms with Gasteiger partial charge in [0.05, 0.1) is 7.11 Å². The normalized spacial score (nSPS) is 16.6. The Morgan fingerprint density at radius 3 is 2.23 bits per heavy atom. The average Bonchev–Trinajstić information content (AvgIpc) is 2.71. The summed E-state index contributed by atoms with van der Waals surface area (Å²) in [5.74, 6) is -0.942. The molecule has 1 fully saturated rings. The molecule has 0 heterocycles. The summed E-state index contributed by atoms with van der Waals surface area (Å²) in [6.07, 6.45) is 4.23. The van der Waals surface area contributed by atoms with Crippen LogP contribution in [0.5, 0.6) is 5.75 Å². The molecule has 0 aliphatic heterocycles. The van der Waals surface area contributed by atoms with E-state index in [-0.39, 0.29) is 18.1 Å². The van der Waals surface area contributed by atoms with Crippen LogP contribution in [-0.4, -0.2) is 47.9 Å². The Kier molecular flexibility index (Phi) is 8.71. The maximum Gasteiger partial charge on any atom is 0.408 e. The van der Waals surface area contributed by atoms with Gasteiger partial charge in [0.25, 0.3) is 0 Å². The van der Waals surface area contributed by atoms with Crippen molar-refractivity contribution in [2.45, 2.75) is 77.0 Å². The number of alkyl carbamates (subject to hydrolysis) is 1. The molecule has 0 spiro atoms. The van der Waals surface area contributed by atoms with E-state index in [4.69, 9.17) is 9.47 Å². The van der Waals surface area contributed by atoms with Crippen LogP contribution < -0.4 is 10.6 Å². The second kappa shape index (κ2) is 11.0. The van der Waals surface area contributed by atoms with Crippen LogP contribution >= 0.6 is 0 Å². The van der Waals surface area contributed by atoms with Gasteiger partial charge >= 0.3 is 12.1 Å². The van der Waals surface area contributed by atoms with Crippen molar-refractivity contribution >= 4 is 18.0 Å². The number of aromatic hydroxyl groups is 1. The molecule has 0 aromatic heterocycles. The number of hydrogen-bond acceptors (Lipinski definition) is 6. The number of phenols is 1. The SMILES string of the molecule is COC(=O)C(Cc1ccc(O)cc1)NC(=O)C(NC(=O)OC(C)(C)C)C1CCCCC1. The molecule has 1 aromatic rings. The minimum absolute atomic E-state index is 0.0340. The number of amides is 2. The van der Waals surface area contributed by atoms with Crippen molar-refractivity contribution in [3.63, 3.8) is 0 Å². The summed E-state index contributed by atoms with van der Waals surface area (Å²) >= 11 is 0. The monoisotopic (exact) mass is 434 g/mol. The lowest BCUT2D eigenvalue weighted by Gasteiger charge is -2.31. The Balaban J connectivity index is 2.15. The van der Waals surface area contributed by atoms with Crippen LogP contribution in [-0.2, 0) is 25.5 Å². The average molecular weight is 435 g/mol. The molecule has 31 heavy (non-hydrogen) atoms. The van der Waals surface area contributed by atoms with Gasteiger partial charge in [-0.3, -0.25) is 4.79 Å². The predicted molar refractivity (Wildman–Crippen MR) is 115 cm³/mol. The van der Waals surface area contributed by atoms with Crippen LogP contribution in [0, 0.1) is 5.92 Å². The van der Waals surface area contributed by atoms with E-state index in [0.29, 0.717) is 0 Å². The Bertz CT molecular complexity index is 750. The van der Waals surface area contributed by atoms with Gasteiger partial charge in [0, 0.05) is 6.42 Å². The highest BCUT2D eigenvalue weighted by Gasteiger charge is 2.34. The summed E-state index contributed by atoms with van der Waals surface area (Å²) in [4.78, 5) is 37.9. The van der Waals surface area contributed by atoms with Gasteiger partial charge < -0.3 is 25.2 Å². The number of hydrogen-bond donors (Lipinski definition) is 3. The molecule has 0 saturated heterocycles. The number of carbonyl (C=O) groups is 3. The van der Waals surface area contributed by atoms with Crippen molar-refractivity contribution in [3.05, 3.63) is 29.8 Å². The fourth-order valence-corrected chi connectivity index (χ4v) is 3.76. The van der Waals surface area contributed by atoms with Gasteiger partial charge in [0.1, 0.15) is 23.4 Å². The molecule has 3 N–H and O–H groups in total. The van der Waals surface area contributed by atoms with Crippen molar-refractivity contribution in [1.82, 2.24) is 10.6 Å². The molecule has 172 valence electrons. The minimum atomic E-state index is -0.923. The third kappa shape index (κ3) is 8.11. The van der Waals surface area contributed by atoms with E-state index >= 15 is 0 Å². The molecule has 2 atom stereocenters. The number of rotatable bonds is 7. The maximum absolute atomic E-state index is 13.2. The molecule has 8 nitrogen and oxygen atoms in total. The fraction of sp³-hybridized carbons (Fsp3) is 0.609. The zero-order chi connectivity index (χ0) is 23.0. The molecule has 2 rings (SSSR count). The van der Waals surface area contributed by atoms with Crippen molar-refractivity contribution in [2.24, 2.45) is 5.92 Å². The molecule has 1 aliphatic rings. The van der Waals surface area contributed by atoms with Crippen LogP contribution in [0.4, 0.5) is 4.79 Å². The molecule has 2 amide bonds. The molecular weight excluding hydrogens is 400 g/mol. The van der Waals surface area contributed by atoms with Gasteiger partial charge in [0.15, 0.2) is 0 Å². The van der Waals surface area contributed by atoms with E-state index in [2.05, 4.69) is 10.6 Å². The van der Waals surface area contributed by atoms with Crippen LogP contribution in [0.3, 0.4) is 0 Å². The van der Waals surface area contributed by atoms with Crippen molar-refractivity contribution in [2.75, 3.05) is 7.11 Å². The first-order valence-corrected chi connectivity index (χ1v) is 10.7. The Hall–Kier alpha value is -2.77. The quantitative estimate of drug-likeness (QED) is 0.569. The van der Waals surface area contributed by atoms with E-state index < -0.39 is 35.7 Å². The molecule has 1 saturated carbocycles. The summed E-state index contributed by atoms with van der Waals surface area (Å²) in [6, 6.07) is 4.65. The van der Waals surface area contributed by atoms with E-state index in [1.165, 1.54) is 19.2 Å². The number of phenolic OH excluding ortho intramolecular Hbond substituents is 1. The highest BCUT2D eigenvalue weighted by Crippen LogP contribution is 2.27. The number of benzene rings is 1. The van der Waals surface area contributed by atoms with Gasteiger partial charge in [0.2, 0.25) is 5.91 Å². The zero-order valence-corrected chi connectivity index (χ0v) is 18.8. The minimum Gasteiger partial charge on any atom is -0.508 e. The van der Waals surface area contributed by atoms with E-state index in [1.807, 2.05) is 0 Å².